The number of nitrogens with one attached hydrogen (secondary N) is 2. The highest BCUT2D eigenvalue weighted by Gasteiger charge is 2.20. The molecule has 1 saturated heterocycles. The summed E-state index contributed by atoms with van der Waals surface area (Å²) >= 11 is 3.48. The number of hydrogen-bond acceptors (Lipinski definition) is 2. The molecule has 86 valence electrons. The first-order valence-corrected chi connectivity index (χ1v) is 6.22. The van der Waals surface area contributed by atoms with Gasteiger partial charge in [0.05, 0.1) is 5.69 Å². The number of anilines is 1. The molecule has 16 heavy (non-hydrogen) atoms. The molecule has 0 radical (unpaired) electrons. The van der Waals surface area contributed by atoms with Crippen molar-refractivity contribution >= 4 is 27.5 Å². The summed E-state index contributed by atoms with van der Waals surface area (Å²) in [7, 11) is 0. The van der Waals surface area contributed by atoms with E-state index in [1.165, 1.54) is 0 Å². The number of carbonyl (C=O) groups excluding carboxylic acids is 1. The van der Waals surface area contributed by atoms with E-state index in [0.717, 1.165) is 28.8 Å². The van der Waals surface area contributed by atoms with Gasteiger partial charge < -0.3 is 10.6 Å². The Morgan fingerprint density at radius 1 is 1.56 bits per heavy atom. The van der Waals surface area contributed by atoms with Gasteiger partial charge >= 0.3 is 0 Å². The monoisotopic (exact) mass is 282 g/mol. The van der Waals surface area contributed by atoms with E-state index in [4.69, 9.17) is 0 Å². The van der Waals surface area contributed by atoms with Crippen molar-refractivity contribution in [3.8, 4) is 0 Å². The van der Waals surface area contributed by atoms with E-state index in [9.17, 15) is 4.79 Å². The van der Waals surface area contributed by atoms with Crippen molar-refractivity contribution in [3.05, 3.63) is 28.2 Å². The minimum absolute atomic E-state index is 0.0952. The van der Waals surface area contributed by atoms with Crippen molar-refractivity contribution in [1.29, 1.82) is 0 Å². The third-order valence-corrected chi connectivity index (χ3v) is 3.86. The molecule has 1 aliphatic rings. The molecule has 1 aromatic carbocycles. The van der Waals surface area contributed by atoms with Crippen LogP contribution in [0.3, 0.4) is 0 Å². The Balaban J connectivity index is 1.97. The average molecular weight is 283 g/mol. The van der Waals surface area contributed by atoms with Gasteiger partial charge in [-0.05, 0) is 53.5 Å². The maximum absolute atomic E-state index is 11.7. The normalized spacial score (nSPS) is 15.6. The van der Waals surface area contributed by atoms with Gasteiger partial charge in [0.15, 0.2) is 0 Å². The van der Waals surface area contributed by atoms with Gasteiger partial charge in [-0.3, -0.25) is 4.79 Å². The Hall–Kier alpha value is -0.870. The summed E-state index contributed by atoms with van der Waals surface area (Å²) in [5, 5.41) is 6.10. The molecule has 0 aromatic heterocycles. The molecule has 3 nitrogen and oxygen atoms in total. The van der Waals surface area contributed by atoms with Crippen LogP contribution < -0.4 is 10.6 Å². The number of rotatable bonds is 3. The number of carbonyl (C=O) groups is 1. The SMILES string of the molecule is Cc1cccc(NC(=O)CC2CNC2)c1Br. The Morgan fingerprint density at radius 2 is 2.31 bits per heavy atom. The van der Waals surface area contributed by atoms with E-state index in [-0.39, 0.29) is 5.91 Å². The highest BCUT2D eigenvalue weighted by molar-refractivity contribution is 9.10. The molecule has 0 unspecified atom stereocenters. The van der Waals surface area contributed by atoms with E-state index in [2.05, 4.69) is 26.6 Å². The quantitative estimate of drug-likeness (QED) is 0.893. The van der Waals surface area contributed by atoms with Crippen molar-refractivity contribution in [3.63, 3.8) is 0 Å². The van der Waals surface area contributed by atoms with Gasteiger partial charge in [0, 0.05) is 10.9 Å². The van der Waals surface area contributed by atoms with Crippen LogP contribution in [0.5, 0.6) is 0 Å². The van der Waals surface area contributed by atoms with Crippen molar-refractivity contribution < 1.29 is 4.79 Å². The maximum Gasteiger partial charge on any atom is 0.224 e. The summed E-state index contributed by atoms with van der Waals surface area (Å²) in [5.74, 6) is 0.599. The second kappa shape index (κ2) is 4.97. The summed E-state index contributed by atoms with van der Waals surface area (Å²) in [6, 6.07) is 5.87. The molecule has 2 N–H and O–H groups in total. The van der Waals surface area contributed by atoms with Crippen LogP contribution in [0.1, 0.15) is 12.0 Å². The van der Waals surface area contributed by atoms with E-state index in [0.29, 0.717) is 12.3 Å². The number of benzene rings is 1. The van der Waals surface area contributed by atoms with Gasteiger partial charge in [0.1, 0.15) is 0 Å². The van der Waals surface area contributed by atoms with Gasteiger partial charge in [0.2, 0.25) is 5.91 Å². The lowest BCUT2D eigenvalue weighted by Gasteiger charge is -2.26. The molecular weight excluding hydrogens is 268 g/mol. The number of hydrogen-bond donors (Lipinski definition) is 2. The zero-order valence-corrected chi connectivity index (χ0v) is 10.8. The fourth-order valence-electron chi connectivity index (χ4n) is 1.70. The van der Waals surface area contributed by atoms with Crippen molar-refractivity contribution in [2.45, 2.75) is 13.3 Å². The fraction of sp³-hybridized carbons (Fsp3) is 0.417. The molecule has 1 amide bonds. The second-order valence-corrected chi connectivity index (χ2v) is 5.01. The first-order chi connectivity index (χ1) is 7.66. The molecule has 2 rings (SSSR count). The summed E-state index contributed by atoms with van der Waals surface area (Å²) in [6.45, 7) is 3.93. The zero-order chi connectivity index (χ0) is 11.5. The Morgan fingerprint density at radius 3 is 2.94 bits per heavy atom. The minimum Gasteiger partial charge on any atom is -0.325 e. The zero-order valence-electron chi connectivity index (χ0n) is 9.22. The summed E-state index contributed by atoms with van der Waals surface area (Å²) < 4.78 is 0.968. The lowest BCUT2D eigenvalue weighted by Crippen LogP contribution is -2.43. The molecule has 0 bridgehead atoms. The van der Waals surface area contributed by atoms with Crippen molar-refractivity contribution in [2.24, 2.45) is 5.92 Å². The van der Waals surface area contributed by atoms with Crippen LogP contribution in [-0.2, 0) is 4.79 Å². The Kier molecular flexibility index (Phi) is 3.61. The number of halogens is 1. The van der Waals surface area contributed by atoms with Crippen LogP contribution in [0.25, 0.3) is 0 Å². The van der Waals surface area contributed by atoms with Crippen molar-refractivity contribution in [1.82, 2.24) is 5.32 Å². The number of amides is 1. The van der Waals surface area contributed by atoms with Gasteiger partial charge in [-0.2, -0.15) is 0 Å². The standard InChI is InChI=1S/C12H15BrN2O/c1-8-3-2-4-10(12(8)13)15-11(16)5-9-6-14-7-9/h2-4,9,14H,5-7H2,1H3,(H,15,16). The van der Waals surface area contributed by atoms with Crippen LogP contribution >= 0.6 is 15.9 Å². The van der Waals surface area contributed by atoms with E-state index in [1.54, 1.807) is 0 Å². The Labute approximate surface area is 104 Å². The van der Waals surface area contributed by atoms with Crippen LogP contribution in [0.4, 0.5) is 5.69 Å². The highest BCUT2D eigenvalue weighted by Crippen LogP contribution is 2.26. The highest BCUT2D eigenvalue weighted by atomic mass is 79.9. The first kappa shape index (κ1) is 11.6. The molecule has 0 atom stereocenters. The topological polar surface area (TPSA) is 41.1 Å². The second-order valence-electron chi connectivity index (χ2n) is 4.21. The molecule has 1 heterocycles. The van der Waals surface area contributed by atoms with Gasteiger partial charge in [-0.25, -0.2) is 0 Å². The first-order valence-electron chi connectivity index (χ1n) is 5.42. The smallest absolute Gasteiger partial charge is 0.224 e. The third-order valence-electron chi connectivity index (χ3n) is 2.81. The third kappa shape index (κ3) is 2.62. The molecule has 0 aliphatic carbocycles. The van der Waals surface area contributed by atoms with Gasteiger partial charge in [-0.1, -0.05) is 12.1 Å². The van der Waals surface area contributed by atoms with Crippen LogP contribution in [0.15, 0.2) is 22.7 Å². The molecular formula is C12H15BrN2O. The average Bonchev–Trinajstić information content (AvgIpc) is 2.19. The van der Waals surface area contributed by atoms with Crippen LogP contribution in [0, 0.1) is 12.8 Å². The molecule has 1 aromatic rings. The molecule has 4 heteroatoms. The van der Waals surface area contributed by atoms with E-state index >= 15 is 0 Å². The lowest BCUT2D eigenvalue weighted by molar-refractivity contribution is -0.117. The van der Waals surface area contributed by atoms with Crippen LogP contribution in [0.2, 0.25) is 0 Å². The molecule has 1 aliphatic heterocycles. The van der Waals surface area contributed by atoms with E-state index in [1.807, 2.05) is 25.1 Å². The number of aryl methyl sites for hydroxylation is 1. The summed E-state index contributed by atoms with van der Waals surface area (Å²) in [4.78, 5) is 11.7. The summed E-state index contributed by atoms with van der Waals surface area (Å²) in [5.41, 5.74) is 1.99. The Bertz CT molecular complexity index is 402. The maximum atomic E-state index is 11.7. The van der Waals surface area contributed by atoms with Gasteiger partial charge in [-0.15, -0.1) is 0 Å². The molecule has 1 fully saturated rings. The van der Waals surface area contributed by atoms with Crippen LogP contribution in [-0.4, -0.2) is 19.0 Å². The predicted octanol–water partition coefficient (Wildman–Crippen LogP) is 2.31. The minimum atomic E-state index is 0.0952. The molecule has 0 saturated carbocycles. The predicted molar refractivity (Wildman–Crippen MR) is 68.5 cm³/mol. The van der Waals surface area contributed by atoms with Crippen molar-refractivity contribution in [2.75, 3.05) is 18.4 Å². The summed E-state index contributed by atoms with van der Waals surface area (Å²) in [6.07, 6.45) is 0.605. The fourth-order valence-corrected chi connectivity index (χ4v) is 2.06. The lowest BCUT2D eigenvalue weighted by atomic mass is 9.99. The largest absolute Gasteiger partial charge is 0.325 e. The van der Waals surface area contributed by atoms with E-state index < -0.39 is 0 Å². The van der Waals surface area contributed by atoms with Gasteiger partial charge in [0.25, 0.3) is 0 Å². The molecule has 0 spiro atoms.